The molecule has 1 unspecified atom stereocenters. The van der Waals surface area contributed by atoms with Gasteiger partial charge in [-0.05, 0) is 35.2 Å². The number of rotatable bonds is 4. The number of nitrogens with two attached hydrogens (primary N) is 1. The van der Waals surface area contributed by atoms with Gasteiger partial charge in [0.1, 0.15) is 6.04 Å². The molecule has 2 aromatic carbocycles. The molecule has 0 spiro atoms. The minimum atomic E-state index is -4.41. The highest BCUT2D eigenvalue weighted by molar-refractivity contribution is 5.77. The van der Waals surface area contributed by atoms with Crippen LogP contribution in [0.4, 0.5) is 13.2 Å². The summed E-state index contributed by atoms with van der Waals surface area (Å²) >= 11 is 0. The third kappa shape index (κ3) is 4.10. The normalized spacial score (nSPS) is 12.7. The quantitative estimate of drug-likeness (QED) is 0.877. The molecule has 122 valence electrons. The average molecular weight is 323 g/mol. The molecule has 0 aromatic heterocycles. The molecule has 0 aliphatic heterocycles. The lowest BCUT2D eigenvalue weighted by atomic mass is 9.94. The number of carbonyl (C=O) groups is 1. The highest BCUT2D eigenvalue weighted by Crippen LogP contribution is 2.33. The molecule has 0 saturated heterocycles. The molecule has 2 rings (SSSR count). The highest BCUT2D eigenvalue weighted by Gasteiger charge is 2.30. The largest absolute Gasteiger partial charge is 0.468 e. The average Bonchev–Trinajstić information content (AvgIpc) is 2.54. The van der Waals surface area contributed by atoms with Crippen molar-refractivity contribution >= 4 is 5.97 Å². The van der Waals surface area contributed by atoms with Gasteiger partial charge < -0.3 is 10.5 Å². The molecule has 0 heterocycles. The second kappa shape index (κ2) is 6.83. The molecule has 0 aliphatic carbocycles. The minimum Gasteiger partial charge on any atom is -0.468 e. The minimum absolute atomic E-state index is 0.180. The van der Waals surface area contributed by atoms with Gasteiger partial charge in [-0.1, -0.05) is 36.4 Å². The van der Waals surface area contributed by atoms with Crippen LogP contribution in [0.5, 0.6) is 0 Å². The predicted molar refractivity (Wildman–Crippen MR) is 80.6 cm³/mol. The van der Waals surface area contributed by atoms with E-state index in [1.54, 1.807) is 30.3 Å². The van der Waals surface area contributed by atoms with E-state index in [2.05, 4.69) is 4.74 Å². The SMILES string of the molecule is COC(=O)C(N)Cc1ccccc1-c1cccc(C(F)(F)F)c1. The lowest BCUT2D eigenvalue weighted by molar-refractivity contribution is -0.142. The summed E-state index contributed by atoms with van der Waals surface area (Å²) < 4.78 is 43.2. The molecule has 1 atom stereocenters. The maximum Gasteiger partial charge on any atom is 0.416 e. The van der Waals surface area contributed by atoms with E-state index in [1.165, 1.54) is 13.2 Å². The van der Waals surface area contributed by atoms with Crippen molar-refractivity contribution in [2.24, 2.45) is 5.73 Å². The van der Waals surface area contributed by atoms with E-state index < -0.39 is 23.8 Å². The second-order valence-corrected chi connectivity index (χ2v) is 5.07. The van der Waals surface area contributed by atoms with Gasteiger partial charge in [0.05, 0.1) is 12.7 Å². The Hall–Kier alpha value is -2.34. The summed E-state index contributed by atoms with van der Waals surface area (Å²) in [5.41, 5.74) is 6.75. The summed E-state index contributed by atoms with van der Waals surface area (Å²) in [7, 11) is 1.24. The number of esters is 1. The zero-order valence-corrected chi connectivity index (χ0v) is 12.4. The van der Waals surface area contributed by atoms with Gasteiger partial charge in [0, 0.05) is 0 Å². The van der Waals surface area contributed by atoms with E-state index in [-0.39, 0.29) is 6.42 Å². The Morgan fingerprint density at radius 2 is 1.87 bits per heavy atom. The van der Waals surface area contributed by atoms with Crippen LogP contribution in [-0.4, -0.2) is 19.1 Å². The van der Waals surface area contributed by atoms with Gasteiger partial charge in [-0.25, -0.2) is 0 Å². The molecule has 0 bridgehead atoms. The van der Waals surface area contributed by atoms with E-state index in [0.29, 0.717) is 16.7 Å². The Morgan fingerprint density at radius 3 is 2.52 bits per heavy atom. The molecule has 0 saturated carbocycles. The first-order valence-electron chi connectivity index (χ1n) is 6.92. The fourth-order valence-electron chi connectivity index (χ4n) is 2.31. The Labute approximate surface area is 131 Å². The zero-order valence-electron chi connectivity index (χ0n) is 12.4. The van der Waals surface area contributed by atoms with Gasteiger partial charge in [-0.3, -0.25) is 4.79 Å². The van der Waals surface area contributed by atoms with E-state index in [9.17, 15) is 18.0 Å². The predicted octanol–water partition coefficient (Wildman–Crippen LogP) is 3.42. The summed E-state index contributed by atoms with van der Waals surface area (Å²) in [5, 5.41) is 0. The topological polar surface area (TPSA) is 52.3 Å². The molecule has 6 heteroatoms. The van der Waals surface area contributed by atoms with Gasteiger partial charge in [-0.2, -0.15) is 13.2 Å². The van der Waals surface area contributed by atoms with Crippen molar-refractivity contribution in [2.75, 3.05) is 7.11 Å². The molecule has 0 amide bonds. The van der Waals surface area contributed by atoms with Crippen LogP contribution in [0.25, 0.3) is 11.1 Å². The first kappa shape index (κ1) is 17.0. The van der Waals surface area contributed by atoms with Gasteiger partial charge in [-0.15, -0.1) is 0 Å². The van der Waals surface area contributed by atoms with E-state index in [4.69, 9.17) is 5.73 Å². The summed E-state index contributed by atoms with van der Waals surface area (Å²) in [6, 6.07) is 11.1. The van der Waals surface area contributed by atoms with Gasteiger partial charge in [0.2, 0.25) is 0 Å². The van der Waals surface area contributed by atoms with E-state index >= 15 is 0 Å². The van der Waals surface area contributed by atoms with Crippen LogP contribution in [0.1, 0.15) is 11.1 Å². The summed E-state index contributed by atoms with van der Waals surface area (Å²) in [4.78, 5) is 11.5. The van der Waals surface area contributed by atoms with Crippen molar-refractivity contribution in [2.45, 2.75) is 18.6 Å². The fourth-order valence-corrected chi connectivity index (χ4v) is 2.31. The van der Waals surface area contributed by atoms with Gasteiger partial charge in [0.15, 0.2) is 0 Å². The smallest absolute Gasteiger partial charge is 0.416 e. The van der Waals surface area contributed by atoms with Gasteiger partial charge in [0.25, 0.3) is 0 Å². The first-order valence-corrected chi connectivity index (χ1v) is 6.92. The Kier molecular flexibility index (Phi) is 5.05. The number of ether oxygens (including phenoxy) is 1. The monoisotopic (exact) mass is 323 g/mol. The molecule has 2 aromatic rings. The van der Waals surface area contributed by atoms with Crippen LogP contribution >= 0.6 is 0 Å². The summed E-state index contributed by atoms with van der Waals surface area (Å²) in [6.45, 7) is 0. The number of benzene rings is 2. The highest BCUT2D eigenvalue weighted by atomic mass is 19.4. The zero-order chi connectivity index (χ0) is 17.0. The molecule has 0 aliphatic rings. The molecule has 0 fully saturated rings. The van der Waals surface area contributed by atoms with Gasteiger partial charge >= 0.3 is 12.1 Å². The van der Waals surface area contributed by atoms with Crippen LogP contribution in [0, 0.1) is 0 Å². The standard InChI is InChI=1S/C17H16F3NO2/c1-23-16(22)15(21)10-12-5-2-3-8-14(12)11-6-4-7-13(9-11)17(18,19)20/h2-9,15H,10,21H2,1H3. The van der Waals surface area contributed by atoms with Crippen LogP contribution in [0.15, 0.2) is 48.5 Å². The fraction of sp³-hybridized carbons (Fsp3) is 0.235. The van der Waals surface area contributed by atoms with Crippen LogP contribution in [0.3, 0.4) is 0 Å². The van der Waals surface area contributed by atoms with E-state index in [0.717, 1.165) is 12.1 Å². The summed E-state index contributed by atoms with van der Waals surface area (Å²) in [5.74, 6) is -0.566. The van der Waals surface area contributed by atoms with Crippen LogP contribution < -0.4 is 5.73 Å². The molecule has 2 N–H and O–H groups in total. The van der Waals surface area contributed by atoms with Crippen molar-refractivity contribution in [3.05, 3.63) is 59.7 Å². The number of methoxy groups -OCH3 is 1. The molecule has 0 radical (unpaired) electrons. The first-order chi connectivity index (χ1) is 10.8. The maximum atomic E-state index is 12.9. The van der Waals surface area contributed by atoms with E-state index in [1.807, 2.05) is 0 Å². The summed E-state index contributed by atoms with van der Waals surface area (Å²) in [6.07, 6.45) is -4.23. The third-order valence-electron chi connectivity index (χ3n) is 3.46. The second-order valence-electron chi connectivity index (χ2n) is 5.07. The molecular weight excluding hydrogens is 307 g/mol. The Bertz CT molecular complexity index is 698. The molecule has 3 nitrogen and oxygen atoms in total. The number of hydrogen-bond donors (Lipinski definition) is 1. The maximum absolute atomic E-state index is 12.9. The van der Waals surface area contributed by atoms with Crippen molar-refractivity contribution in [1.29, 1.82) is 0 Å². The van der Waals surface area contributed by atoms with Crippen molar-refractivity contribution in [3.63, 3.8) is 0 Å². The third-order valence-corrected chi connectivity index (χ3v) is 3.46. The van der Waals surface area contributed by atoms with Crippen LogP contribution in [0.2, 0.25) is 0 Å². The molecule has 23 heavy (non-hydrogen) atoms. The number of alkyl halides is 3. The Balaban J connectivity index is 2.39. The Morgan fingerprint density at radius 1 is 1.17 bits per heavy atom. The van der Waals surface area contributed by atoms with Crippen molar-refractivity contribution in [3.8, 4) is 11.1 Å². The van der Waals surface area contributed by atoms with Crippen molar-refractivity contribution < 1.29 is 22.7 Å². The van der Waals surface area contributed by atoms with Crippen molar-refractivity contribution in [1.82, 2.24) is 0 Å². The van der Waals surface area contributed by atoms with Crippen LogP contribution in [-0.2, 0) is 22.1 Å². The number of hydrogen-bond acceptors (Lipinski definition) is 3. The molecular formula is C17H16F3NO2. The number of carbonyl (C=O) groups excluding carboxylic acids is 1. The lowest BCUT2D eigenvalue weighted by Gasteiger charge is -2.14. The lowest BCUT2D eigenvalue weighted by Crippen LogP contribution is -2.33. The number of halogens is 3.